The summed E-state index contributed by atoms with van der Waals surface area (Å²) in [4.78, 5) is 5.31. The lowest BCUT2D eigenvalue weighted by Crippen LogP contribution is -2.01. The highest BCUT2D eigenvalue weighted by Gasteiger charge is 2.15. The molecule has 0 saturated heterocycles. The summed E-state index contributed by atoms with van der Waals surface area (Å²) in [7, 11) is 1.91. The van der Waals surface area contributed by atoms with Gasteiger partial charge in [-0.1, -0.05) is 11.6 Å². The lowest BCUT2D eigenvalue weighted by Gasteiger charge is -2.02. The van der Waals surface area contributed by atoms with Crippen LogP contribution in [0, 0.1) is 0 Å². The van der Waals surface area contributed by atoms with Crippen LogP contribution >= 0.6 is 38.9 Å². The van der Waals surface area contributed by atoms with Crippen molar-refractivity contribution in [3.8, 4) is 10.6 Å². The zero-order chi connectivity index (χ0) is 11.7. The minimum atomic E-state index is 0.0781. The number of aliphatic hydroxyl groups is 1. The molecule has 0 atom stereocenters. The monoisotopic (exact) mass is 320 g/mol. The Bertz CT molecular complexity index is 509. The van der Waals surface area contributed by atoms with Gasteiger partial charge in [-0.05, 0) is 28.1 Å². The molecule has 0 aliphatic rings. The highest BCUT2D eigenvalue weighted by Crippen LogP contribution is 2.35. The summed E-state index contributed by atoms with van der Waals surface area (Å²) in [6.45, 7) is 0.0781. The summed E-state index contributed by atoms with van der Waals surface area (Å²) in [6.07, 6.45) is 0.517. The Morgan fingerprint density at radius 2 is 2.31 bits per heavy atom. The lowest BCUT2D eigenvalue weighted by molar-refractivity contribution is 0.295. The van der Waals surface area contributed by atoms with Crippen LogP contribution in [0.3, 0.4) is 0 Å². The average Bonchev–Trinajstić information content (AvgIpc) is 2.74. The van der Waals surface area contributed by atoms with Crippen LogP contribution in [0.1, 0.15) is 5.82 Å². The van der Waals surface area contributed by atoms with E-state index in [2.05, 4.69) is 20.9 Å². The number of nitrogens with zero attached hydrogens (tertiary/aromatic N) is 2. The zero-order valence-electron chi connectivity index (χ0n) is 8.57. The van der Waals surface area contributed by atoms with Crippen LogP contribution in [0.15, 0.2) is 15.9 Å². The lowest BCUT2D eigenvalue weighted by atomic mass is 10.3. The van der Waals surface area contributed by atoms with Crippen molar-refractivity contribution >= 4 is 38.9 Å². The van der Waals surface area contributed by atoms with Gasteiger partial charge < -0.3 is 9.67 Å². The van der Waals surface area contributed by atoms with E-state index in [1.54, 1.807) is 11.3 Å². The van der Waals surface area contributed by atoms with Gasteiger partial charge >= 0.3 is 0 Å². The summed E-state index contributed by atoms with van der Waals surface area (Å²) in [5.41, 5.74) is 0.904. The summed E-state index contributed by atoms with van der Waals surface area (Å²) in [5.74, 6) is 0.798. The molecule has 2 heterocycles. The number of halogens is 2. The highest BCUT2D eigenvalue weighted by molar-refractivity contribution is 9.11. The van der Waals surface area contributed by atoms with Gasteiger partial charge in [0.15, 0.2) is 5.15 Å². The van der Waals surface area contributed by atoms with Crippen LogP contribution in [0.2, 0.25) is 5.15 Å². The van der Waals surface area contributed by atoms with Gasteiger partial charge in [-0.15, -0.1) is 11.3 Å². The van der Waals surface area contributed by atoms with Crippen LogP contribution in [0.4, 0.5) is 0 Å². The van der Waals surface area contributed by atoms with Crippen molar-refractivity contribution in [2.24, 2.45) is 7.05 Å². The number of imidazole rings is 1. The van der Waals surface area contributed by atoms with Crippen molar-refractivity contribution < 1.29 is 5.11 Å². The number of hydrogen-bond acceptors (Lipinski definition) is 3. The maximum atomic E-state index is 8.92. The van der Waals surface area contributed by atoms with Crippen LogP contribution in [0.5, 0.6) is 0 Å². The predicted octanol–water partition coefficient (Wildman–Crippen LogP) is 3.10. The number of thiophene rings is 1. The van der Waals surface area contributed by atoms with E-state index >= 15 is 0 Å². The fourth-order valence-electron chi connectivity index (χ4n) is 1.54. The molecule has 2 aromatic rings. The molecule has 0 aliphatic heterocycles. The van der Waals surface area contributed by atoms with Gasteiger partial charge in [0, 0.05) is 13.5 Å². The average molecular weight is 322 g/mol. The second kappa shape index (κ2) is 4.87. The topological polar surface area (TPSA) is 38.0 Å². The van der Waals surface area contributed by atoms with Gasteiger partial charge in [-0.3, -0.25) is 0 Å². The Kier molecular flexibility index (Phi) is 3.69. The molecule has 0 bridgehead atoms. The summed E-state index contributed by atoms with van der Waals surface area (Å²) in [6, 6.07) is 3.98. The van der Waals surface area contributed by atoms with Crippen LogP contribution in [-0.4, -0.2) is 21.3 Å². The van der Waals surface area contributed by atoms with Gasteiger partial charge in [-0.2, -0.15) is 0 Å². The van der Waals surface area contributed by atoms with Crippen LogP contribution in [-0.2, 0) is 13.5 Å². The molecule has 0 saturated carbocycles. The van der Waals surface area contributed by atoms with Gasteiger partial charge in [0.1, 0.15) is 5.82 Å². The first kappa shape index (κ1) is 12.1. The molecule has 0 aromatic carbocycles. The molecule has 2 rings (SSSR count). The Morgan fingerprint density at radius 1 is 1.56 bits per heavy atom. The second-order valence-electron chi connectivity index (χ2n) is 3.30. The largest absolute Gasteiger partial charge is 0.396 e. The molecule has 0 amide bonds. The molecule has 86 valence electrons. The van der Waals surface area contributed by atoms with E-state index < -0.39 is 0 Å². The molecule has 0 fully saturated rings. The van der Waals surface area contributed by atoms with Crippen LogP contribution in [0.25, 0.3) is 10.6 Å². The van der Waals surface area contributed by atoms with Crippen molar-refractivity contribution in [3.05, 3.63) is 26.9 Å². The van der Waals surface area contributed by atoms with E-state index in [1.807, 2.05) is 23.7 Å². The minimum Gasteiger partial charge on any atom is -0.396 e. The van der Waals surface area contributed by atoms with Crippen molar-refractivity contribution in [1.29, 1.82) is 0 Å². The normalized spacial score (nSPS) is 11.0. The maximum absolute atomic E-state index is 8.92. The molecule has 2 aromatic heterocycles. The SMILES string of the molecule is Cn1c(CCO)nc(Cl)c1-c1ccc(Br)s1. The quantitative estimate of drug-likeness (QED) is 0.943. The molecule has 0 unspecified atom stereocenters. The molecule has 3 nitrogen and oxygen atoms in total. The molecular weight excluding hydrogens is 312 g/mol. The van der Waals surface area contributed by atoms with Gasteiger partial charge in [0.2, 0.25) is 0 Å². The fourth-order valence-corrected chi connectivity index (χ4v) is 3.39. The van der Waals surface area contributed by atoms with Crippen molar-refractivity contribution in [2.45, 2.75) is 6.42 Å². The van der Waals surface area contributed by atoms with E-state index in [4.69, 9.17) is 16.7 Å². The second-order valence-corrected chi connectivity index (χ2v) is 6.12. The minimum absolute atomic E-state index is 0.0781. The molecule has 6 heteroatoms. The summed E-state index contributed by atoms with van der Waals surface area (Å²) in [5, 5.41) is 9.40. The standard InChI is InChI=1S/C10H10BrClN2OS/c1-14-8(4-5-15)13-10(12)9(14)6-2-3-7(11)16-6/h2-3,15H,4-5H2,1H3. The van der Waals surface area contributed by atoms with Crippen molar-refractivity contribution in [3.63, 3.8) is 0 Å². The molecule has 0 radical (unpaired) electrons. The first-order valence-electron chi connectivity index (χ1n) is 4.71. The Balaban J connectivity index is 2.48. The maximum Gasteiger partial charge on any atom is 0.156 e. The number of rotatable bonds is 3. The third-order valence-corrected chi connectivity index (χ3v) is 4.18. The fraction of sp³-hybridized carbons (Fsp3) is 0.300. The van der Waals surface area contributed by atoms with Crippen molar-refractivity contribution in [1.82, 2.24) is 9.55 Å². The summed E-state index contributed by atoms with van der Waals surface area (Å²) < 4.78 is 2.99. The first-order chi connectivity index (χ1) is 7.63. The van der Waals surface area contributed by atoms with Crippen LogP contribution < -0.4 is 0 Å². The first-order valence-corrected chi connectivity index (χ1v) is 6.70. The van der Waals surface area contributed by atoms with E-state index in [1.165, 1.54) is 0 Å². The Labute approximate surface area is 111 Å². The number of hydrogen-bond donors (Lipinski definition) is 1. The molecule has 0 aliphatic carbocycles. The third kappa shape index (κ3) is 2.18. The predicted molar refractivity (Wildman–Crippen MR) is 70.0 cm³/mol. The van der Waals surface area contributed by atoms with E-state index in [9.17, 15) is 0 Å². The Hall–Kier alpha value is -0.360. The van der Waals surface area contributed by atoms with Gasteiger partial charge in [0.25, 0.3) is 0 Å². The van der Waals surface area contributed by atoms with E-state index in [0.29, 0.717) is 11.6 Å². The highest BCUT2D eigenvalue weighted by atomic mass is 79.9. The van der Waals surface area contributed by atoms with E-state index in [-0.39, 0.29) is 6.61 Å². The third-order valence-electron chi connectivity index (χ3n) is 2.29. The number of aliphatic hydroxyl groups excluding tert-OH is 1. The number of aromatic nitrogens is 2. The molecule has 1 N–H and O–H groups in total. The van der Waals surface area contributed by atoms with Gasteiger partial charge in [-0.25, -0.2) is 4.98 Å². The Morgan fingerprint density at radius 3 is 2.88 bits per heavy atom. The smallest absolute Gasteiger partial charge is 0.156 e. The molecular formula is C10H10BrClN2OS. The summed E-state index contributed by atoms with van der Waals surface area (Å²) >= 11 is 11.1. The zero-order valence-corrected chi connectivity index (χ0v) is 11.7. The molecule has 16 heavy (non-hydrogen) atoms. The van der Waals surface area contributed by atoms with E-state index in [0.717, 1.165) is 20.2 Å². The molecule has 0 spiro atoms. The van der Waals surface area contributed by atoms with Gasteiger partial charge in [0.05, 0.1) is 21.0 Å². The van der Waals surface area contributed by atoms with Crippen molar-refractivity contribution in [2.75, 3.05) is 6.61 Å².